The fourth-order valence-corrected chi connectivity index (χ4v) is 3.24. The largest absolute Gasteiger partial charge is 0.325 e. The Morgan fingerprint density at radius 2 is 2.00 bits per heavy atom. The molecule has 4 rings (SSSR count). The first-order valence-corrected chi connectivity index (χ1v) is 8.07. The Hall–Kier alpha value is -2.95. The predicted octanol–water partition coefficient (Wildman–Crippen LogP) is 2.59. The number of aryl methyl sites for hydroxylation is 2. The summed E-state index contributed by atoms with van der Waals surface area (Å²) in [6, 6.07) is 11.1. The van der Waals surface area contributed by atoms with E-state index >= 15 is 0 Å². The number of nitrogens with one attached hydrogen (secondary N) is 2. The van der Waals surface area contributed by atoms with Gasteiger partial charge in [-0.1, -0.05) is 18.2 Å². The predicted molar refractivity (Wildman–Crippen MR) is 93.2 cm³/mol. The summed E-state index contributed by atoms with van der Waals surface area (Å²) in [6.45, 7) is 0. The minimum Gasteiger partial charge on any atom is -0.325 e. The van der Waals surface area contributed by atoms with E-state index in [0.29, 0.717) is 16.9 Å². The fraction of sp³-hybridized carbons (Fsp3) is 0.211. The van der Waals surface area contributed by atoms with Crippen LogP contribution in [0.3, 0.4) is 0 Å². The first kappa shape index (κ1) is 14.6. The van der Waals surface area contributed by atoms with Crippen LogP contribution in [0.2, 0.25) is 0 Å². The minimum atomic E-state index is -0.189. The molecule has 0 unspecified atom stereocenters. The lowest BCUT2D eigenvalue weighted by molar-refractivity contribution is -0.115. The molecule has 0 spiro atoms. The molecule has 0 saturated heterocycles. The molecular formula is C19H17N3O2. The summed E-state index contributed by atoms with van der Waals surface area (Å²) in [7, 11) is 0. The van der Waals surface area contributed by atoms with Gasteiger partial charge >= 0.3 is 0 Å². The molecule has 1 aliphatic rings. The number of hydrogen-bond acceptors (Lipinski definition) is 3. The van der Waals surface area contributed by atoms with E-state index in [1.807, 2.05) is 36.5 Å². The quantitative estimate of drug-likeness (QED) is 0.779. The van der Waals surface area contributed by atoms with Gasteiger partial charge in [-0.15, -0.1) is 0 Å². The third-order valence-corrected chi connectivity index (χ3v) is 4.40. The zero-order valence-corrected chi connectivity index (χ0v) is 13.1. The molecule has 5 heteroatoms. The summed E-state index contributed by atoms with van der Waals surface area (Å²) < 4.78 is 0. The van der Waals surface area contributed by atoms with Crippen LogP contribution in [-0.4, -0.2) is 15.9 Å². The van der Waals surface area contributed by atoms with Crippen molar-refractivity contribution in [3.63, 3.8) is 0 Å². The van der Waals surface area contributed by atoms with Gasteiger partial charge in [0.05, 0.1) is 6.42 Å². The van der Waals surface area contributed by atoms with E-state index in [1.165, 1.54) is 11.1 Å². The van der Waals surface area contributed by atoms with Crippen LogP contribution in [0, 0.1) is 0 Å². The average Bonchev–Trinajstić information content (AvgIpc) is 3.02. The van der Waals surface area contributed by atoms with Gasteiger partial charge in [0.1, 0.15) is 5.82 Å². The van der Waals surface area contributed by atoms with Gasteiger partial charge < -0.3 is 10.3 Å². The van der Waals surface area contributed by atoms with Gasteiger partial charge in [0.25, 0.3) is 5.56 Å². The number of carbonyl (C=O) groups is 1. The Morgan fingerprint density at radius 1 is 1.17 bits per heavy atom. The van der Waals surface area contributed by atoms with Gasteiger partial charge in [-0.05, 0) is 54.0 Å². The van der Waals surface area contributed by atoms with Gasteiger partial charge in [-0.3, -0.25) is 9.59 Å². The maximum atomic E-state index is 12.3. The van der Waals surface area contributed by atoms with Crippen molar-refractivity contribution >= 4 is 22.5 Å². The summed E-state index contributed by atoms with van der Waals surface area (Å²) in [5.74, 6) is 0.384. The lowest BCUT2D eigenvalue weighted by Crippen LogP contribution is -2.18. The first-order valence-electron chi connectivity index (χ1n) is 8.07. The summed E-state index contributed by atoms with van der Waals surface area (Å²) in [4.78, 5) is 31.4. The maximum absolute atomic E-state index is 12.3. The van der Waals surface area contributed by atoms with Gasteiger partial charge in [0.2, 0.25) is 5.91 Å². The Kier molecular flexibility index (Phi) is 3.61. The molecular weight excluding hydrogens is 302 g/mol. The van der Waals surface area contributed by atoms with Crippen LogP contribution in [0.1, 0.15) is 23.2 Å². The number of aromatic nitrogens is 2. The number of pyridine rings is 2. The maximum Gasteiger partial charge on any atom is 0.256 e. The highest BCUT2D eigenvalue weighted by Crippen LogP contribution is 2.23. The van der Waals surface area contributed by atoms with Crippen molar-refractivity contribution in [1.29, 1.82) is 0 Å². The van der Waals surface area contributed by atoms with Gasteiger partial charge in [0, 0.05) is 17.3 Å². The molecule has 0 fully saturated rings. The number of anilines is 1. The van der Waals surface area contributed by atoms with E-state index in [9.17, 15) is 9.59 Å². The molecule has 24 heavy (non-hydrogen) atoms. The number of hydrogen-bond donors (Lipinski definition) is 2. The van der Waals surface area contributed by atoms with Crippen LogP contribution in [0.25, 0.3) is 10.8 Å². The number of nitrogens with zero attached hydrogens (tertiary/aromatic N) is 1. The van der Waals surface area contributed by atoms with Crippen LogP contribution < -0.4 is 10.9 Å². The number of H-pyrrole nitrogens is 1. The summed E-state index contributed by atoms with van der Waals surface area (Å²) in [6.07, 6.45) is 5.20. The molecule has 1 aliphatic carbocycles. The number of carbonyl (C=O) groups excluding carboxylic acids is 1. The highest BCUT2D eigenvalue weighted by molar-refractivity contribution is 5.92. The smallest absolute Gasteiger partial charge is 0.256 e. The van der Waals surface area contributed by atoms with Crippen molar-refractivity contribution in [2.75, 3.05) is 5.32 Å². The SMILES string of the molecule is O=C(Cc1cc2ccccc2c(=O)[nH]1)Nc1cc2c(cn1)CCC2. The molecule has 1 aromatic carbocycles. The van der Waals surface area contributed by atoms with Gasteiger partial charge in [0.15, 0.2) is 0 Å². The summed E-state index contributed by atoms with van der Waals surface area (Å²) in [5, 5.41) is 4.28. The Labute approximate surface area is 138 Å². The van der Waals surface area contributed by atoms with E-state index in [0.717, 1.165) is 24.6 Å². The minimum absolute atomic E-state index is 0.110. The number of benzene rings is 1. The lowest BCUT2D eigenvalue weighted by atomic mass is 10.1. The van der Waals surface area contributed by atoms with E-state index in [4.69, 9.17) is 0 Å². The highest BCUT2D eigenvalue weighted by atomic mass is 16.1. The Balaban J connectivity index is 1.53. The van der Waals surface area contributed by atoms with Crippen LogP contribution in [-0.2, 0) is 24.1 Å². The fourth-order valence-electron chi connectivity index (χ4n) is 3.24. The molecule has 0 radical (unpaired) electrons. The van der Waals surface area contributed by atoms with Crippen LogP contribution >= 0.6 is 0 Å². The van der Waals surface area contributed by atoms with E-state index in [1.54, 1.807) is 6.07 Å². The lowest BCUT2D eigenvalue weighted by Gasteiger charge is -2.07. The number of amides is 1. The second-order valence-corrected chi connectivity index (χ2v) is 6.13. The monoisotopic (exact) mass is 319 g/mol. The molecule has 0 bridgehead atoms. The van der Waals surface area contributed by atoms with Crippen LogP contribution in [0.4, 0.5) is 5.82 Å². The second-order valence-electron chi connectivity index (χ2n) is 6.13. The molecule has 3 aromatic rings. The van der Waals surface area contributed by atoms with Gasteiger partial charge in [-0.2, -0.15) is 0 Å². The second kappa shape index (κ2) is 5.92. The van der Waals surface area contributed by atoms with Crippen molar-refractivity contribution in [3.05, 3.63) is 69.8 Å². The molecule has 120 valence electrons. The Morgan fingerprint density at radius 3 is 2.92 bits per heavy atom. The van der Waals surface area contributed by atoms with Crippen molar-refractivity contribution in [2.45, 2.75) is 25.7 Å². The first-order chi connectivity index (χ1) is 11.7. The molecule has 2 N–H and O–H groups in total. The number of rotatable bonds is 3. The van der Waals surface area contributed by atoms with Crippen molar-refractivity contribution in [3.8, 4) is 0 Å². The third kappa shape index (κ3) is 2.80. The molecule has 0 atom stereocenters. The van der Waals surface area contributed by atoms with E-state index < -0.39 is 0 Å². The van der Waals surface area contributed by atoms with Crippen LogP contribution in [0.5, 0.6) is 0 Å². The Bertz CT molecular complexity index is 991. The molecule has 2 heterocycles. The molecule has 5 nitrogen and oxygen atoms in total. The van der Waals surface area contributed by atoms with E-state index in [-0.39, 0.29) is 17.9 Å². The third-order valence-electron chi connectivity index (χ3n) is 4.40. The zero-order chi connectivity index (χ0) is 16.5. The van der Waals surface area contributed by atoms with Crippen molar-refractivity contribution in [2.24, 2.45) is 0 Å². The van der Waals surface area contributed by atoms with E-state index in [2.05, 4.69) is 15.3 Å². The standard InChI is InChI=1S/C19H17N3O2/c23-18(22-17-9-12-5-3-6-14(12)11-20-17)10-15-8-13-4-1-2-7-16(13)19(24)21-15/h1-2,4,7-9,11H,3,5-6,10H2,(H,21,24)(H,20,22,23). The van der Waals surface area contributed by atoms with Crippen molar-refractivity contribution < 1.29 is 4.79 Å². The number of aromatic amines is 1. The highest BCUT2D eigenvalue weighted by Gasteiger charge is 2.13. The zero-order valence-electron chi connectivity index (χ0n) is 13.1. The summed E-state index contributed by atoms with van der Waals surface area (Å²) in [5.41, 5.74) is 2.95. The van der Waals surface area contributed by atoms with Crippen molar-refractivity contribution in [1.82, 2.24) is 9.97 Å². The topological polar surface area (TPSA) is 74.8 Å². The number of fused-ring (bicyclic) bond motifs is 2. The van der Waals surface area contributed by atoms with Gasteiger partial charge in [-0.25, -0.2) is 4.98 Å². The summed E-state index contributed by atoms with van der Waals surface area (Å²) >= 11 is 0. The molecule has 1 amide bonds. The molecule has 2 aromatic heterocycles. The normalized spacial score (nSPS) is 13.0. The molecule has 0 saturated carbocycles. The average molecular weight is 319 g/mol. The van der Waals surface area contributed by atoms with Crippen LogP contribution in [0.15, 0.2) is 47.4 Å². The molecule has 0 aliphatic heterocycles.